The number of carboxylic acid groups (broad SMARTS) is 1. The standard InChI is InChI=1S/C14H10N2O4S/c17-14(18)9-5-7-10(8-6-9)15-13-11-3-1-2-4-12(11)21(19,20)16-13/h1-8H,(H,15,16)(H,17,18)/p-1. The number of anilines is 1. The zero-order chi connectivity index (χ0) is 15.0. The summed E-state index contributed by atoms with van der Waals surface area (Å²) < 4.78 is 27.5. The van der Waals surface area contributed by atoms with Gasteiger partial charge in [-0.05, 0) is 29.8 Å². The van der Waals surface area contributed by atoms with Crippen LogP contribution in [0.25, 0.3) is 0 Å². The molecule has 0 unspecified atom stereocenters. The number of sulfonamides is 1. The molecule has 0 fully saturated rings. The first-order valence-corrected chi connectivity index (χ1v) is 7.44. The molecule has 1 aliphatic heterocycles. The summed E-state index contributed by atoms with van der Waals surface area (Å²) in [5.74, 6) is -1.06. The minimum atomic E-state index is -3.68. The molecular formula is C14H9N2O4S-. The van der Waals surface area contributed by atoms with E-state index in [0.717, 1.165) is 0 Å². The van der Waals surface area contributed by atoms with Crippen LogP contribution in [0.15, 0.2) is 57.8 Å². The SMILES string of the molecule is O=C([O-])c1ccc(NC2=NS(=O)(=O)c3ccccc32)cc1. The Morgan fingerprint density at radius 1 is 1.05 bits per heavy atom. The Labute approximate surface area is 120 Å². The average molecular weight is 301 g/mol. The van der Waals surface area contributed by atoms with E-state index in [1.165, 1.54) is 30.3 Å². The third-order valence-electron chi connectivity index (χ3n) is 3.01. The van der Waals surface area contributed by atoms with Crippen LogP contribution >= 0.6 is 0 Å². The van der Waals surface area contributed by atoms with Gasteiger partial charge in [0.2, 0.25) is 0 Å². The molecule has 106 valence electrons. The summed E-state index contributed by atoms with van der Waals surface area (Å²) in [6.07, 6.45) is 0. The first-order valence-electron chi connectivity index (χ1n) is 6.00. The van der Waals surface area contributed by atoms with Crippen LogP contribution in [0.4, 0.5) is 5.69 Å². The molecule has 0 spiro atoms. The molecule has 7 heteroatoms. The summed E-state index contributed by atoms with van der Waals surface area (Å²) in [5, 5.41) is 13.5. The third kappa shape index (κ3) is 2.38. The van der Waals surface area contributed by atoms with Crippen molar-refractivity contribution >= 4 is 27.5 Å². The van der Waals surface area contributed by atoms with Gasteiger partial charge in [0.1, 0.15) is 4.90 Å². The van der Waals surface area contributed by atoms with Crippen molar-refractivity contribution in [1.82, 2.24) is 0 Å². The largest absolute Gasteiger partial charge is 0.545 e. The molecule has 0 bridgehead atoms. The molecule has 2 aromatic rings. The van der Waals surface area contributed by atoms with Crippen molar-refractivity contribution < 1.29 is 18.3 Å². The molecule has 0 radical (unpaired) electrons. The molecule has 6 nitrogen and oxygen atoms in total. The maximum atomic E-state index is 11.9. The second-order valence-electron chi connectivity index (χ2n) is 4.40. The van der Waals surface area contributed by atoms with Crippen LogP contribution in [0, 0.1) is 0 Å². The lowest BCUT2D eigenvalue weighted by Crippen LogP contribution is -2.22. The number of carbonyl (C=O) groups excluding carboxylic acids is 1. The number of hydrogen-bond donors (Lipinski definition) is 1. The Balaban J connectivity index is 1.94. The van der Waals surface area contributed by atoms with E-state index in [4.69, 9.17) is 0 Å². The van der Waals surface area contributed by atoms with E-state index >= 15 is 0 Å². The maximum Gasteiger partial charge on any atom is 0.285 e. The van der Waals surface area contributed by atoms with Crippen molar-refractivity contribution in [2.24, 2.45) is 4.40 Å². The normalized spacial score (nSPS) is 15.1. The fourth-order valence-electron chi connectivity index (χ4n) is 2.02. The van der Waals surface area contributed by atoms with Crippen LogP contribution < -0.4 is 10.4 Å². The Hall–Kier alpha value is -2.67. The van der Waals surface area contributed by atoms with Gasteiger partial charge in [0.15, 0.2) is 5.84 Å². The monoisotopic (exact) mass is 301 g/mol. The van der Waals surface area contributed by atoms with Gasteiger partial charge in [0.05, 0.1) is 5.97 Å². The van der Waals surface area contributed by atoms with Crippen molar-refractivity contribution in [2.75, 3.05) is 5.32 Å². The molecule has 0 amide bonds. The van der Waals surface area contributed by atoms with Crippen molar-refractivity contribution in [2.45, 2.75) is 4.90 Å². The lowest BCUT2D eigenvalue weighted by Gasteiger charge is -2.08. The summed E-state index contributed by atoms with van der Waals surface area (Å²) in [4.78, 5) is 10.8. The van der Waals surface area contributed by atoms with E-state index in [9.17, 15) is 18.3 Å². The van der Waals surface area contributed by atoms with E-state index in [1.54, 1.807) is 18.2 Å². The predicted molar refractivity (Wildman–Crippen MR) is 74.6 cm³/mol. The Bertz CT molecular complexity index is 855. The molecule has 3 rings (SSSR count). The van der Waals surface area contributed by atoms with Crippen LogP contribution in [-0.2, 0) is 10.0 Å². The highest BCUT2D eigenvalue weighted by atomic mass is 32.2. The summed E-state index contributed by atoms with van der Waals surface area (Å²) in [7, 11) is -3.68. The third-order valence-corrected chi connectivity index (χ3v) is 4.35. The topological polar surface area (TPSA) is 98.7 Å². The summed E-state index contributed by atoms with van der Waals surface area (Å²) in [6.45, 7) is 0. The molecule has 21 heavy (non-hydrogen) atoms. The molecular weight excluding hydrogens is 292 g/mol. The number of carboxylic acids is 1. The van der Waals surface area contributed by atoms with E-state index in [-0.39, 0.29) is 16.3 Å². The highest BCUT2D eigenvalue weighted by molar-refractivity contribution is 7.90. The van der Waals surface area contributed by atoms with E-state index in [0.29, 0.717) is 11.3 Å². The number of nitrogens with one attached hydrogen (secondary N) is 1. The quantitative estimate of drug-likeness (QED) is 0.876. The van der Waals surface area contributed by atoms with Crippen LogP contribution in [0.2, 0.25) is 0 Å². The van der Waals surface area contributed by atoms with Crippen LogP contribution in [0.1, 0.15) is 15.9 Å². The molecule has 0 saturated heterocycles. The number of nitrogens with zero attached hydrogens (tertiary/aromatic N) is 1. The Morgan fingerprint density at radius 2 is 1.71 bits per heavy atom. The highest BCUT2D eigenvalue weighted by Gasteiger charge is 2.28. The van der Waals surface area contributed by atoms with E-state index in [2.05, 4.69) is 9.71 Å². The Morgan fingerprint density at radius 3 is 2.38 bits per heavy atom. The second-order valence-corrected chi connectivity index (χ2v) is 5.97. The van der Waals surface area contributed by atoms with Gasteiger partial charge in [-0.15, -0.1) is 4.40 Å². The molecule has 0 atom stereocenters. The van der Waals surface area contributed by atoms with Gasteiger partial charge in [-0.1, -0.05) is 24.3 Å². The lowest BCUT2D eigenvalue weighted by atomic mass is 10.2. The Kier molecular flexibility index (Phi) is 2.99. The van der Waals surface area contributed by atoms with Gasteiger partial charge in [-0.25, -0.2) is 0 Å². The molecule has 1 heterocycles. The first-order chi connectivity index (χ1) is 9.97. The maximum absolute atomic E-state index is 11.9. The van der Waals surface area contributed by atoms with Crippen LogP contribution in [0.5, 0.6) is 0 Å². The fraction of sp³-hybridized carbons (Fsp3) is 0. The van der Waals surface area contributed by atoms with E-state index < -0.39 is 16.0 Å². The van der Waals surface area contributed by atoms with Crippen molar-refractivity contribution in [1.29, 1.82) is 0 Å². The van der Waals surface area contributed by atoms with Gasteiger partial charge in [0.25, 0.3) is 10.0 Å². The number of hydrogen-bond acceptors (Lipinski definition) is 5. The minimum absolute atomic E-state index is 0.0435. The zero-order valence-corrected chi connectivity index (χ0v) is 11.4. The fourth-order valence-corrected chi connectivity index (χ4v) is 3.20. The molecule has 0 saturated carbocycles. The predicted octanol–water partition coefficient (Wildman–Crippen LogP) is 0.611. The second kappa shape index (κ2) is 4.71. The van der Waals surface area contributed by atoms with Gasteiger partial charge < -0.3 is 15.2 Å². The molecule has 0 aromatic heterocycles. The van der Waals surface area contributed by atoms with Crippen molar-refractivity contribution in [3.8, 4) is 0 Å². The number of carbonyl (C=O) groups is 1. The number of amidine groups is 1. The number of rotatable bonds is 2. The molecule has 1 aliphatic rings. The zero-order valence-electron chi connectivity index (χ0n) is 10.6. The van der Waals surface area contributed by atoms with Gasteiger partial charge >= 0.3 is 0 Å². The summed E-state index contributed by atoms with van der Waals surface area (Å²) in [6, 6.07) is 12.3. The average Bonchev–Trinajstić information content (AvgIpc) is 2.71. The number of benzene rings is 2. The lowest BCUT2D eigenvalue weighted by molar-refractivity contribution is -0.255. The van der Waals surface area contributed by atoms with Gasteiger partial charge in [-0.2, -0.15) is 8.42 Å². The highest BCUT2D eigenvalue weighted by Crippen LogP contribution is 2.26. The van der Waals surface area contributed by atoms with Crippen molar-refractivity contribution in [3.05, 3.63) is 59.7 Å². The molecule has 2 aromatic carbocycles. The first kappa shape index (κ1) is 13.3. The van der Waals surface area contributed by atoms with Crippen LogP contribution in [-0.4, -0.2) is 20.2 Å². The van der Waals surface area contributed by atoms with Gasteiger partial charge in [-0.3, -0.25) is 0 Å². The number of fused-ring (bicyclic) bond motifs is 1. The number of aromatic carboxylic acids is 1. The van der Waals surface area contributed by atoms with Crippen LogP contribution in [0.3, 0.4) is 0 Å². The summed E-state index contributed by atoms with van der Waals surface area (Å²) >= 11 is 0. The molecule has 1 N–H and O–H groups in total. The summed E-state index contributed by atoms with van der Waals surface area (Å²) in [5.41, 5.74) is 1.06. The molecule has 0 aliphatic carbocycles. The van der Waals surface area contributed by atoms with Gasteiger partial charge in [0, 0.05) is 11.3 Å². The minimum Gasteiger partial charge on any atom is -0.545 e. The van der Waals surface area contributed by atoms with E-state index in [1.807, 2.05) is 0 Å². The van der Waals surface area contributed by atoms with Crippen molar-refractivity contribution in [3.63, 3.8) is 0 Å². The smallest absolute Gasteiger partial charge is 0.285 e.